The van der Waals surface area contributed by atoms with Gasteiger partial charge in [-0.15, -0.1) is 0 Å². The Morgan fingerprint density at radius 3 is 2.85 bits per heavy atom. The van der Waals surface area contributed by atoms with Crippen LogP contribution in [0.1, 0.15) is 17.1 Å². The number of amides is 1. The van der Waals surface area contributed by atoms with Crippen molar-refractivity contribution in [1.29, 1.82) is 0 Å². The normalized spacial score (nSPS) is 14.6. The number of carbonyl (C=O) groups is 1. The Bertz CT molecular complexity index is 804. The highest BCUT2D eigenvalue weighted by molar-refractivity contribution is 6.32. The molecular formula is C19H21ClN4O2. The molecule has 1 aliphatic rings. The lowest BCUT2D eigenvalue weighted by Crippen LogP contribution is -2.37. The maximum atomic E-state index is 12.0. The summed E-state index contributed by atoms with van der Waals surface area (Å²) in [7, 11) is 0. The van der Waals surface area contributed by atoms with Gasteiger partial charge in [0, 0.05) is 35.9 Å². The van der Waals surface area contributed by atoms with Crippen LogP contribution >= 0.6 is 11.6 Å². The number of morpholine rings is 1. The molecule has 1 fully saturated rings. The van der Waals surface area contributed by atoms with Crippen LogP contribution in [0.5, 0.6) is 0 Å². The van der Waals surface area contributed by atoms with Crippen molar-refractivity contribution in [2.75, 3.05) is 31.2 Å². The van der Waals surface area contributed by atoms with E-state index < -0.39 is 0 Å². The van der Waals surface area contributed by atoms with Crippen LogP contribution in [0.15, 0.2) is 36.4 Å². The Labute approximate surface area is 157 Å². The molecule has 0 bridgehead atoms. The van der Waals surface area contributed by atoms with Gasteiger partial charge in [0.05, 0.1) is 19.8 Å². The third-order valence-electron chi connectivity index (χ3n) is 3.96. The fourth-order valence-corrected chi connectivity index (χ4v) is 2.85. The SMILES string of the molecule is Cc1cc(N2CCOCC2)nc(CNC(=O)/C=C/c2ccccc2Cl)n1. The van der Waals surface area contributed by atoms with Gasteiger partial charge in [0.2, 0.25) is 5.91 Å². The topological polar surface area (TPSA) is 67.3 Å². The van der Waals surface area contributed by atoms with Crippen LogP contribution < -0.4 is 10.2 Å². The van der Waals surface area contributed by atoms with Crippen LogP contribution in [0.2, 0.25) is 5.02 Å². The summed E-state index contributed by atoms with van der Waals surface area (Å²) in [5, 5.41) is 3.41. The lowest BCUT2D eigenvalue weighted by Gasteiger charge is -2.28. The van der Waals surface area contributed by atoms with Gasteiger partial charge in [-0.1, -0.05) is 29.8 Å². The van der Waals surface area contributed by atoms with Gasteiger partial charge >= 0.3 is 0 Å². The molecule has 0 unspecified atom stereocenters. The summed E-state index contributed by atoms with van der Waals surface area (Å²) >= 11 is 6.07. The zero-order valence-corrected chi connectivity index (χ0v) is 15.4. The fraction of sp³-hybridized carbons (Fsp3) is 0.316. The van der Waals surface area contributed by atoms with Crippen LogP contribution in [-0.4, -0.2) is 42.2 Å². The van der Waals surface area contributed by atoms with Crippen molar-refractivity contribution in [2.24, 2.45) is 0 Å². The molecule has 0 atom stereocenters. The zero-order chi connectivity index (χ0) is 18.4. The number of benzene rings is 1. The number of carbonyl (C=O) groups excluding carboxylic acids is 1. The second kappa shape index (κ2) is 8.78. The standard InChI is InChI=1S/C19H21ClN4O2/c1-14-12-18(24-8-10-26-11-9-24)23-17(22-14)13-21-19(25)7-6-15-4-2-3-5-16(15)20/h2-7,12H,8-11,13H2,1H3,(H,21,25)/b7-6+. The molecule has 7 heteroatoms. The molecule has 0 radical (unpaired) electrons. The predicted molar refractivity (Wildman–Crippen MR) is 102 cm³/mol. The third kappa shape index (κ3) is 5.03. The molecule has 0 spiro atoms. The van der Waals surface area contributed by atoms with Crippen LogP contribution in [0.4, 0.5) is 5.82 Å². The van der Waals surface area contributed by atoms with Crippen LogP contribution in [0.3, 0.4) is 0 Å². The smallest absolute Gasteiger partial charge is 0.244 e. The zero-order valence-electron chi connectivity index (χ0n) is 14.6. The number of nitrogens with one attached hydrogen (secondary N) is 1. The Kier molecular flexibility index (Phi) is 6.20. The van der Waals surface area contributed by atoms with E-state index in [1.807, 2.05) is 31.2 Å². The minimum atomic E-state index is -0.219. The Morgan fingerprint density at radius 2 is 2.08 bits per heavy atom. The number of aryl methyl sites for hydroxylation is 1. The molecular weight excluding hydrogens is 352 g/mol. The van der Waals surface area contributed by atoms with Gasteiger partial charge in [-0.3, -0.25) is 4.79 Å². The van der Waals surface area contributed by atoms with Crippen molar-refractivity contribution in [2.45, 2.75) is 13.5 Å². The Hall–Kier alpha value is -2.44. The van der Waals surface area contributed by atoms with E-state index in [9.17, 15) is 4.79 Å². The number of hydrogen-bond acceptors (Lipinski definition) is 5. The second-order valence-electron chi connectivity index (χ2n) is 5.96. The van der Waals surface area contributed by atoms with Crippen molar-refractivity contribution >= 4 is 29.4 Å². The average molecular weight is 373 g/mol. The Balaban J connectivity index is 1.61. The number of hydrogen-bond donors (Lipinski definition) is 1. The van der Waals surface area contributed by atoms with Crippen molar-refractivity contribution in [3.05, 3.63) is 58.5 Å². The quantitative estimate of drug-likeness (QED) is 0.817. The molecule has 1 aliphatic heterocycles. The highest BCUT2D eigenvalue weighted by Crippen LogP contribution is 2.16. The number of anilines is 1. The summed E-state index contributed by atoms with van der Waals surface area (Å²) in [4.78, 5) is 23.2. The molecule has 3 rings (SSSR count). The minimum Gasteiger partial charge on any atom is -0.378 e. The fourth-order valence-electron chi connectivity index (χ4n) is 2.65. The van der Waals surface area contributed by atoms with Crippen molar-refractivity contribution in [3.63, 3.8) is 0 Å². The average Bonchev–Trinajstić information content (AvgIpc) is 2.66. The van der Waals surface area contributed by atoms with E-state index in [-0.39, 0.29) is 12.5 Å². The first kappa shape index (κ1) is 18.4. The first-order chi connectivity index (χ1) is 12.6. The van der Waals surface area contributed by atoms with Gasteiger partial charge in [-0.25, -0.2) is 9.97 Å². The van der Waals surface area contributed by atoms with Crippen molar-refractivity contribution in [1.82, 2.24) is 15.3 Å². The largest absolute Gasteiger partial charge is 0.378 e. The number of aromatic nitrogens is 2. The van der Waals surface area contributed by atoms with E-state index in [1.165, 1.54) is 6.08 Å². The van der Waals surface area contributed by atoms with Crippen molar-refractivity contribution in [3.8, 4) is 0 Å². The molecule has 1 N–H and O–H groups in total. The molecule has 26 heavy (non-hydrogen) atoms. The molecule has 1 amide bonds. The van der Waals surface area contributed by atoms with Gasteiger partial charge in [-0.05, 0) is 24.6 Å². The summed E-state index contributed by atoms with van der Waals surface area (Å²) in [5.41, 5.74) is 1.67. The van der Waals surface area contributed by atoms with Gasteiger partial charge < -0.3 is 15.0 Å². The summed E-state index contributed by atoms with van der Waals surface area (Å²) in [6, 6.07) is 9.31. The maximum absolute atomic E-state index is 12.0. The predicted octanol–water partition coefficient (Wildman–Crippen LogP) is 2.60. The lowest BCUT2D eigenvalue weighted by atomic mass is 10.2. The molecule has 2 heterocycles. The van der Waals surface area contributed by atoms with Crippen LogP contribution in [0, 0.1) is 6.92 Å². The summed E-state index contributed by atoms with van der Waals surface area (Å²) in [6.07, 6.45) is 3.15. The van der Waals surface area contributed by atoms with Gasteiger partial charge in [-0.2, -0.15) is 0 Å². The lowest BCUT2D eigenvalue weighted by molar-refractivity contribution is -0.116. The number of halogens is 1. The first-order valence-corrected chi connectivity index (χ1v) is 8.87. The number of ether oxygens (including phenoxy) is 1. The van der Waals surface area contributed by atoms with E-state index in [0.29, 0.717) is 24.1 Å². The van der Waals surface area contributed by atoms with E-state index in [2.05, 4.69) is 20.2 Å². The van der Waals surface area contributed by atoms with Crippen LogP contribution in [0.25, 0.3) is 6.08 Å². The first-order valence-electron chi connectivity index (χ1n) is 8.49. The monoisotopic (exact) mass is 372 g/mol. The second-order valence-corrected chi connectivity index (χ2v) is 6.36. The molecule has 1 saturated heterocycles. The summed E-state index contributed by atoms with van der Waals surface area (Å²) in [5.74, 6) is 1.24. The van der Waals surface area contributed by atoms with E-state index in [0.717, 1.165) is 30.2 Å². The van der Waals surface area contributed by atoms with E-state index in [1.54, 1.807) is 12.1 Å². The maximum Gasteiger partial charge on any atom is 0.244 e. The highest BCUT2D eigenvalue weighted by atomic mass is 35.5. The molecule has 0 saturated carbocycles. The third-order valence-corrected chi connectivity index (χ3v) is 4.31. The van der Waals surface area contributed by atoms with Gasteiger partial charge in [0.15, 0.2) is 0 Å². The Morgan fingerprint density at radius 1 is 1.31 bits per heavy atom. The molecule has 1 aromatic heterocycles. The van der Waals surface area contributed by atoms with E-state index >= 15 is 0 Å². The minimum absolute atomic E-state index is 0.219. The highest BCUT2D eigenvalue weighted by Gasteiger charge is 2.14. The van der Waals surface area contributed by atoms with Gasteiger partial charge in [0.1, 0.15) is 11.6 Å². The molecule has 136 valence electrons. The summed E-state index contributed by atoms with van der Waals surface area (Å²) in [6.45, 7) is 5.20. The van der Waals surface area contributed by atoms with Crippen molar-refractivity contribution < 1.29 is 9.53 Å². The molecule has 0 aliphatic carbocycles. The number of rotatable bonds is 5. The summed E-state index contributed by atoms with van der Waals surface area (Å²) < 4.78 is 5.37. The number of nitrogens with zero attached hydrogens (tertiary/aromatic N) is 3. The van der Waals surface area contributed by atoms with Gasteiger partial charge in [0.25, 0.3) is 0 Å². The molecule has 1 aromatic carbocycles. The molecule has 6 nitrogen and oxygen atoms in total. The molecule has 2 aromatic rings. The van der Waals surface area contributed by atoms with E-state index in [4.69, 9.17) is 16.3 Å². The van der Waals surface area contributed by atoms with Crippen LogP contribution in [-0.2, 0) is 16.1 Å².